The topological polar surface area (TPSA) is 100 Å². The van der Waals surface area contributed by atoms with E-state index >= 15 is 0 Å². The third-order valence-electron chi connectivity index (χ3n) is 3.12. The van der Waals surface area contributed by atoms with Crippen LogP contribution >= 0.6 is 0 Å². The predicted molar refractivity (Wildman–Crippen MR) is 72.0 cm³/mol. The van der Waals surface area contributed by atoms with Crippen LogP contribution in [-0.2, 0) is 17.9 Å². The first kappa shape index (κ1) is 15.9. The van der Waals surface area contributed by atoms with Crippen LogP contribution < -0.4 is 5.32 Å². The third-order valence-corrected chi connectivity index (χ3v) is 3.12. The van der Waals surface area contributed by atoms with E-state index in [1.54, 1.807) is 6.33 Å². The van der Waals surface area contributed by atoms with Crippen LogP contribution in [-0.4, -0.2) is 49.4 Å². The number of carboxylic acids is 1. The van der Waals surface area contributed by atoms with E-state index in [-0.39, 0.29) is 19.1 Å². The molecule has 20 heavy (non-hydrogen) atoms. The number of aromatic nitrogens is 3. The number of aliphatic carboxylic acids is 1. The van der Waals surface area contributed by atoms with Gasteiger partial charge in [-0.25, -0.2) is 4.79 Å². The van der Waals surface area contributed by atoms with E-state index in [1.165, 1.54) is 4.90 Å². The van der Waals surface area contributed by atoms with E-state index in [4.69, 9.17) is 5.11 Å². The van der Waals surface area contributed by atoms with E-state index in [2.05, 4.69) is 15.5 Å². The normalized spacial score (nSPS) is 11.9. The van der Waals surface area contributed by atoms with Crippen LogP contribution in [0.4, 0.5) is 4.79 Å². The van der Waals surface area contributed by atoms with Crippen LogP contribution in [0.25, 0.3) is 0 Å². The highest BCUT2D eigenvalue weighted by Crippen LogP contribution is 2.04. The standard InChI is InChI=1S/C12H21N5O3/c1-4-9(3)17(7-11(18)19)12(20)13-6-10-15-14-8-16(10)5-2/h8-9H,4-7H2,1-3H3,(H,13,20)(H,18,19). The second-order valence-electron chi connectivity index (χ2n) is 4.47. The number of carbonyl (C=O) groups is 2. The van der Waals surface area contributed by atoms with E-state index in [0.717, 1.165) is 0 Å². The van der Waals surface area contributed by atoms with Gasteiger partial charge in [-0.1, -0.05) is 6.92 Å². The van der Waals surface area contributed by atoms with Gasteiger partial charge in [-0.2, -0.15) is 0 Å². The second kappa shape index (κ2) is 7.46. The molecule has 0 bridgehead atoms. The van der Waals surface area contributed by atoms with Crippen molar-refractivity contribution in [2.75, 3.05) is 6.54 Å². The van der Waals surface area contributed by atoms with E-state index in [9.17, 15) is 9.59 Å². The first-order valence-corrected chi connectivity index (χ1v) is 6.62. The minimum absolute atomic E-state index is 0.143. The Bertz CT molecular complexity index is 460. The summed E-state index contributed by atoms with van der Waals surface area (Å²) in [7, 11) is 0. The summed E-state index contributed by atoms with van der Waals surface area (Å²) >= 11 is 0. The number of nitrogens with one attached hydrogen (secondary N) is 1. The van der Waals surface area contributed by atoms with E-state index in [0.29, 0.717) is 18.8 Å². The maximum atomic E-state index is 12.1. The molecular formula is C12H21N5O3. The van der Waals surface area contributed by atoms with Crippen molar-refractivity contribution in [2.45, 2.75) is 46.3 Å². The summed E-state index contributed by atoms with van der Waals surface area (Å²) in [5, 5.41) is 19.2. The van der Waals surface area contributed by atoms with Crippen molar-refractivity contribution >= 4 is 12.0 Å². The number of hydrogen-bond donors (Lipinski definition) is 2. The summed E-state index contributed by atoms with van der Waals surface area (Å²) in [6.07, 6.45) is 2.27. The fraction of sp³-hybridized carbons (Fsp3) is 0.667. The van der Waals surface area contributed by atoms with Crippen molar-refractivity contribution in [3.63, 3.8) is 0 Å². The van der Waals surface area contributed by atoms with Crippen LogP contribution in [0, 0.1) is 0 Å². The van der Waals surface area contributed by atoms with Gasteiger partial charge in [-0.3, -0.25) is 4.79 Å². The van der Waals surface area contributed by atoms with Gasteiger partial charge in [0.15, 0.2) is 5.82 Å². The lowest BCUT2D eigenvalue weighted by atomic mass is 10.2. The lowest BCUT2D eigenvalue weighted by Crippen LogP contribution is -2.47. The molecular weight excluding hydrogens is 262 g/mol. The quantitative estimate of drug-likeness (QED) is 0.767. The minimum Gasteiger partial charge on any atom is -0.480 e. The van der Waals surface area contributed by atoms with Gasteiger partial charge in [0.05, 0.1) is 6.54 Å². The maximum Gasteiger partial charge on any atom is 0.323 e. The molecule has 1 aromatic rings. The Morgan fingerprint density at radius 3 is 2.75 bits per heavy atom. The van der Waals surface area contributed by atoms with Gasteiger partial charge < -0.3 is 19.9 Å². The summed E-state index contributed by atoms with van der Waals surface area (Å²) in [6, 6.07) is -0.553. The summed E-state index contributed by atoms with van der Waals surface area (Å²) in [4.78, 5) is 24.2. The Morgan fingerprint density at radius 2 is 2.20 bits per heavy atom. The van der Waals surface area contributed by atoms with Gasteiger partial charge in [-0.15, -0.1) is 10.2 Å². The molecule has 0 saturated heterocycles. The van der Waals surface area contributed by atoms with Crippen molar-refractivity contribution in [1.29, 1.82) is 0 Å². The number of carboxylic acid groups (broad SMARTS) is 1. The average molecular weight is 283 g/mol. The number of urea groups is 1. The molecule has 2 amide bonds. The molecule has 0 fully saturated rings. The van der Waals surface area contributed by atoms with Gasteiger partial charge in [-0.05, 0) is 20.3 Å². The monoisotopic (exact) mass is 283 g/mol. The molecule has 1 aromatic heterocycles. The largest absolute Gasteiger partial charge is 0.480 e. The molecule has 0 aromatic carbocycles. The number of amides is 2. The Morgan fingerprint density at radius 1 is 1.50 bits per heavy atom. The fourth-order valence-corrected chi connectivity index (χ4v) is 1.73. The maximum absolute atomic E-state index is 12.1. The smallest absolute Gasteiger partial charge is 0.323 e. The van der Waals surface area contributed by atoms with Crippen LogP contribution in [0.5, 0.6) is 0 Å². The van der Waals surface area contributed by atoms with E-state index in [1.807, 2.05) is 25.3 Å². The highest BCUT2D eigenvalue weighted by atomic mass is 16.4. The van der Waals surface area contributed by atoms with Gasteiger partial charge in [0.1, 0.15) is 12.9 Å². The zero-order valence-electron chi connectivity index (χ0n) is 12.0. The molecule has 8 heteroatoms. The summed E-state index contributed by atoms with van der Waals surface area (Å²) < 4.78 is 1.81. The van der Waals surface area contributed by atoms with E-state index < -0.39 is 12.0 Å². The van der Waals surface area contributed by atoms with Gasteiger partial charge in [0.25, 0.3) is 0 Å². The molecule has 0 aliphatic rings. The first-order chi connectivity index (χ1) is 9.49. The average Bonchev–Trinajstić information content (AvgIpc) is 2.88. The highest BCUT2D eigenvalue weighted by Gasteiger charge is 2.21. The molecule has 0 spiro atoms. The number of hydrogen-bond acceptors (Lipinski definition) is 4. The molecule has 1 atom stereocenters. The van der Waals surface area contributed by atoms with Crippen molar-refractivity contribution in [3.8, 4) is 0 Å². The van der Waals surface area contributed by atoms with Crippen molar-refractivity contribution < 1.29 is 14.7 Å². The van der Waals surface area contributed by atoms with Gasteiger partial charge in [0.2, 0.25) is 0 Å². The minimum atomic E-state index is -1.03. The zero-order valence-corrected chi connectivity index (χ0v) is 12.0. The van der Waals surface area contributed by atoms with Crippen LogP contribution in [0.1, 0.15) is 33.0 Å². The third kappa shape index (κ3) is 4.22. The van der Waals surface area contributed by atoms with Crippen molar-refractivity contribution in [1.82, 2.24) is 25.0 Å². The first-order valence-electron chi connectivity index (χ1n) is 6.62. The lowest BCUT2D eigenvalue weighted by molar-refractivity contribution is -0.138. The SMILES string of the molecule is CCC(C)N(CC(=O)O)C(=O)NCc1nncn1CC. The van der Waals surface area contributed by atoms with Gasteiger partial charge >= 0.3 is 12.0 Å². The Kier molecular flexibility index (Phi) is 5.95. The number of carbonyl (C=O) groups excluding carboxylic acids is 1. The lowest BCUT2D eigenvalue weighted by Gasteiger charge is -2.26. The van der Waals surface area contributed by atoms with Crippen molar-refractivity contribution in [2.24, 2.45) is 0 Å². The van der Waals surface area contributed by atoms with Crippen LogP contribution in [0.2, 0.25) is 0 Å². The molecule has 0 aliphatic carbocycles. The fourth-order valence-electron chi connectivity index (χ4n) is 1.73. The predicted octanol–water partition coefficient (Wildman–Crippen LogP) is 0.693. The molecule has 1 unspecified atom stereocenters. The summed E-state index contributed by atoms with van der Waals surface area (Å²) in [5.74, 6) is -0.391. The number of nitrogens with zero attached hydrogens (tertiary/aromatic N) is 4. The molecule has 1 heterocycles. The summed E-state index contributed by atoms with van der Waals surface area (Å²) in [5.41, 5.74) is 0. The van der Waals surface area contributed by atoms with Gasteiger partial charge in [0, 0.05) is 12.6 Å². The molecule has 0 saturated carbocycles. The zero-order chi connectivity index (χ0) is 15.1. The summed E-state index contributed by atoms with van der Waals surface area (Å²) in [6.45, 7) is 6.28. The Labute approximate surface area is 117 Å². The Balaban J connectivity index is 2.64. The molecule has 112 valence electrons. The molecule has 1 rings (SSSR count). The Hall–Kier alpha value is -2.12. The highest BCUT2D eigenvalue weighted by molar-refractivity contribution is 5.80. The van der Waals surface area contributed by atoms with Crippen LogP contribution in [0.3, 0.4) is 0 Å². The molecule has 0 aliphatic heterocycles. The van der Waals surface area contributed by atoms with Crippen molar-refractivity contribution in [3.05, 3.63) is 12.2 Å². The molecule has 2 N–H and O–H groups in total. The number of aryl methyl sites for hydroxylation is 1. The number of rotatable bonds is 7. The second-order valence-corrected chi connectivity index (χ2v) is 4.47. The molecule has 0 radical (unpaired) electrons. The molecule has 8 nitrogen and oxygen atoms in total. The van der Waals surface area contributed by atoms with Crippen LogP contribution in [0.15, 0.2) is 6.33 Å².